The lowest BCUT2D eigenvalue weighted by Crippen LogP contribution is -2.27. The van der Waals surface area contributed by atoms with Crippen LogP contribution in [0.3, 0.4) is 0 Å². The molecule has 0 atom stereocenters. The van der Waals surface area contributed by atoms with E-state index in [0.29, 0.717) is 12.1 Å². The van der Waals surface area contributed by atoms with Gasteiger partial charge in [-0.05, 0) is 28.5 Å². The maximum Gasteiger partial charge on any atom is 0.490 e. The minimum absolute atomic E-state index is 0.0611. The molecule has 138 valence electrons. The molecule has 0 bridgehead atoms. The van der Waals surface area contributed by atoms with Crippen LogP contribution in [0.2, 0.25) is 0 Å². The van der Waals surface area contributed by atoms with Crippen molar-refractivity contribution in [1.82, 2.24) is 20.1 Å². The predicted octanol–water partition coefficient (Wildman–Crippen LogP) is 1.49. The number of benzene rings is 1. The van der Waals surface area contributed by atoms with Crippen LogP contribution >= 0.6 is 0 Å². The van der Waals surface area contributed by atoms with Crippen LogP contribution in [0.1, 0.15) is 25.8 Å². The number of amides is 2. The van der Waals surface area contributed by atoms with Crippen molar-refractivity contribution in [3.8, 4) is 0 Å². The Hall–Kier alpha value is -3.30. The first-order valence-corrected chi connectivity index (χ1v) is 8.03. The first-order valence-electron chi connectivity index (χ1n) is 8.03. The first kappa shape index (κ1) is 19.0. The van der Waals surface area contributed by atoms with Gasteiger partial charge in [0.2, 0.25) is 18.1 Å². The van der Waals surface area contributed by atoms with Crippen LogP contribution < -0.4 is 10.6 Å². The summed E-state index contributed by atoms with van der Waals surface area (Å²) in [5.41, 5.74) is 1.47. The van der Waals surface area contributed by atoms with Crippen molar-refractivity contribution in [2.75, 3.05) is 5.32 Å². The summed E-state index contributed by atoms with van der Waals surface area (Å²) in [5, 5.41) is 19.6. The first-order chi connectivity index (χ1) is 12.3. The molecule has 2 aromatic rings. The van der Waals surface area contributed by atoms with E-state index in [1.165, 1.54) is 0 Å². The largest absolute Gasteiger partial charge is 0.490 e. The highest BCUT2D eigenvalue weighted by molar-refractivity contribution is 5.90. The molecule has 1 heterocycles. The number of nitrogens with zero attached hydrogens (tertiary/aromatic N) is 4. The monoisotopic (exact) mass is 360 g/mol. The molecular weight excluding hydrogens is 340 g/mol. The van der Waals surface area contributed by atoms with Gasteiger partial charge < -0.3 is 20.7 Å². The van der Waals surface area contributed by atoms with Crippen molar-refractivity contribution in [3.05, 3.63) is 46.3 Å². The van der Waals surface area contributed by atoms with Gasteiger partial charge in [0, 0.05) is 23.8 Å². The van der Waals surface area contributed by atoms with Crippen LogP contribution in [0.5, 0.6) is 0 Å². The van der Waals surface area contributed by atoms with E-state index >= 15 is 0 Å². The second-order valence-electron chi connectivity index (χ2n) is 6.12. The standard InChI is InChI=1S/C16H20N6O4/c1-11(2)6-14(23)19-13-5-3-4-12(7-13)8-17-15(24)9-21-10-18-16(20-21)22(25)26/h3-5,7,10-11H,6,8-9H2,1-2H3,(H,17,24)(H,19,23). The number of nitro groups is 1. The van der Waals surface area contributed by atoms with E-state index < -0.39 is 10.9 Å². The van der Waals surface area contributed by atoms with Crippen molar-refractivity contribution in [1.29, 1.82) is 0 Å². The molecule has 2 amide bonds. The molecule has 0 saturated carbocycles. The van der Waals surface area contributed by atoms with E-state index in [1.807, 2.05) is 19.9 Å². The molecule has 0 spiro atoms. The van der Waals surface area contributed by atoms with E-state index in [9.17, 15) is 19.7 Å². The molecule has 10 heteroatoms. The number of hydrogen-bond donors (Lipinski definition) is 2. The molecule has 0 aliphatic carbocycles. The second-order valence-corrected chi connectivity index (χ2v) is 6.12. The van der Waals surface area contributed by atoms with Crippen molar-refractivity contribution >= 4 is 23.5 Å². The van der Waals surface area contributed by atoms with Crippen LogP contribution in [0.25, 0.3) is 0 Å². The quantitative estimate of drug-likeness (QED) is 0.541. The maximum absolute atomic E-state index is 11.9. The third kappa shape index (κ3) is 5.96. The third-order valence-corrected chi connectivity index (χ3v) is 3.29. The van der Waals surface area contributed by atoms with E-state index in [-0.39, 0.29) is 30.8 Å². The highest BCUT2D eigenvalue weighted by Crippen LogP contribution is 2.12. The van der Waals surface area contributed by atoms with Gasteiger partial charge in [0.05, 0.1) is 0 Å². The van der Waals surface area contributed by atoms with Crippen molar-refractivity contribution < 1.29 is 14.5 Å². The van der Waals surface area contributed by atoms with Crippen molar-refractivity contribution in [2.24, 2.45) is 5.92 Å². The summed E-state index contributed by atoms with van der Waals surface area (Å²) in [6.07, 6.45) is 1.56. The lowest BCUT2D eigenvalue weighted by atomic mass is 10.1. The topological polar surface area (TPSA) is 132 Å². The van der Waals surface area contributed by atoms with Gasteiger partial charge in [-0.3, -0.25) is 9.59 Å². The van der Waals surface area contributed by atoms with Gasteiger partial charge in [-0.25, -0.2) is 0 Å². The van der Waals surface area contributed by atoms with E-state index in [1.54, 1.807) is 18.2 Å². The minimum Gasteiger partial charge on any atom is -0.390 e. The minimum atomic E-state index is -0.729. The van der Waals surface area contributed by atoms with E-state index in [4.69, 9.17) is 0 Å². The number of anilines is 1. The predicted molar refractivity (Wildman–Crippen MR) is 93.0 cm³/mol. The fourth-order valence-corrected chi connectivity index (χ4v) is 2.19. The molecule has 26 heavy (non-hydrogen) atoms. The maximum atomic E-state index is 11.9. The Labute approximate surface area is 149 Å². The normalized spacial score (nSPS) is 10.6. The Balaban J connectivity index is 1.86. The average Bonchev–Trinajstić information content (AvgIpc) is 3.01. The Morgan fingerprint density at radius 2 is 2.08 bits per heavy atom. The van der Waals surface area contributed by atoms with Crippen LogP contribution in [0, 0.1) is 16.0 Å². The van der Waals surface area contributed by atoms with Gasteiger partial charge in [-0.15, -0.1) is 0 Å². The summed E-state index contributed by atoms with van der Waals surface area (Å²) in [4.78, 5) is 37.0. The van der Waals surface area contributed by atoms with Gasteiger partial charge in [0.25, 0.3) is 0 Å². The molecule has 1 aromatic carbocycles. The van der Waals surface area contributed by atoms with Gasteiger partial charge >= 0.3 is 5.95 Å². The van der Waals surface area contributed by atoms with Gasteiger partial charge in [0.1, 0.15) is 6.54 Å². The van der Waals surface area contributed by atoms with Gasteiger partial charge in [-0.2, -0.15) is 4.68 Å². The third-order valence-electron chi connectivity index (χ3n) is 3.29. The molecule has 0 fully saturated rings. The molecule has 0 aliphatic rings. The summed E-state index contributed by atoms with van der Waals surface area (Å²) < 4.78 is 1.09. The zero-order valence-corrected chi connectivity index (χ0v) is 14.5. The van der Waals surface area contributed by atoms with Crippen molar-refractivity contribution in [3.63, 3.8) is 0 Å². The zero-order valence-electron chi connectivity index (χ0n) is 14.5. The lowest BCUT2D eigenvalue weighted by molar-refractivity contribution is -0.394. The Morgan fingerprint density at radius 1 is 1.31 bits per heavy atom. The van der Waals surface area contributed by atoms with Crippen LogP contribution in [0.4, 0.5) is 11.6 Å². The molecule has 10 nitrogen and oxygen atoms in total. The number of carbonyl (C=O) groups excluding carboxylic acids is 2. The Morgan fingerprint density at radius 3 is 2.73 bits per heavy atom. The summed E-state index contributed by atoms with van der Waals surface area (Å²) in [5.74, 6) is -0.708. The second kappa shape index (κ2) is 8.70. The van der Waals surface area contributed by atoms with Gasteiger partial charge in [0.15, 0.2) is 0 Å². The highest BCUT2D eigenvalue weighted by Gasteiger charge is 2.15. The number of rotatable bonds is 8. The zero-order chi connectivity index (χ0) is 19.1. The van der Waals surface area contributed by atoms with Crippen LogP contribution in [-0.2, 0) is 22.7 Å². The molecule has 2 N–H and O–H groups in total. The molecular formula is C16H20N6O4. The Kier molecular flexibility index (Phi) is 6.36. The average molecular weight is 360 g/mol. The molecule has 0 radical (unpaired) electrons. The fraction of sp³-hybridized carbons (Fsp3) is 0.375. The molecule has 0 saturated heterocycles. The fourth-order valence-electron chi connectivity index (χ4n) is 2.19. The van der Waals surface area contributed by atoms with Crippen molar-refractivity contribution in [2.45, 2.75) is 33.4 Å². The number of hydrogen-bond acceptors (Lipinski definition) is 6. The summed E-state index contributed by atoms with van der Waals surface area (Å²) in [6.45, 7) is 4.01. The van der Waals surface area contributed by atoms with Gasteiger partial charge in [-0.1, -0.05) is 31.0 Å². The number of carbonyl (C=O) groups is 2. The van der Waals surface area contributed by atoms with E-state index in [0.717, 1.165) is 16.6 Å². The molecule has 0 aliphatic heterocycles. The molecule has 2 rings (SSSR count). The van der Waals surface area contributed by atoms with E-state index in [2.05, 4.69) is 20.7 Å². The summed E-state index contributed by atoms with van der Waals surface area (Å²) >= 11 is 0. The number of aromatic nitrogens is 3. The van der Waals surface area contributed by atoms with Crippen LogP contribution in [-0.4, -0.2) is 31.5 Å². The highest BCUT2D eigenvalue weighted by atomic mass is 16.6. The molecule has 0 unspecified atom stereocenters. The SMILES string of the molecule is CC(C)CC(=O)Nc1cccc(CNC(=O)Cn2cnc([N+](=O)[O-])n2)c1. The lowest BCUT2D eigenvalue weighted by Gasteiger charge is -2.09. The number of nitrogens with one attached hydrogen (secondary N) is 2. The smallest absolute Gasteiger partial charge is 0.390 e. The van der Waals surface area contributed by atoms with Crippen LogP contribution in [0.15, 0.2) is 30.6 Å². The molecule has 1 aromatic heterocycles. The Bertz CT molecular complexity index is 802. The summed E-state index contributed by atoms with van der Waals surface area (Å²) in [6, 6.07) is 7.16. The summed E-state index contributed by atoms with van der Waals surface area (Å²) in [7, 11) is 0.